The minimum Gasteiger partial charge on any atom is -0.266 e. The predicted octanol–water partition coefficient (Wildman–Crippen LogP) is 5.63. The quantitative estimate of drug-likeness (QED) is 0.374. The molecule has 0 bridgehead atoms. The first-order valence-electron chi connectivity index (χ1n) is 9.94. The van der Waals surface area contributed by atoms with Crippen molar-refractivity contribution < 1.29 is 12.6 Å². The first kappa shape index (κ1) is 20.8. The Morgan fingerprint density at radius 1 is 0.806 bits per heavy atom. The molecule has 5 heteroatoms. The summed E-state index contributed by atoms with van der Waals surface area (Å²) in [6.07, 6.45) is 0.498. The van der Waals surface area contributed by atoms with E-state index in [-0.39, 0.29) is 11.5 Å². The molecule has 4 nitrogen and oxygen atoms in total. The summed E-state index contributed by atoms with van der Waals surface area (Å²) in [4.78, 5) is 0.173. The van der Waals surface area contributed by atoms with Crippen LogP contribution in [0.25, 0.3) is 21.9 Å². The van der Waals surface area contributed by atoms with Crippen molar-refractivity contribution in [1.82, 2.24) is 0 Å². The van der Waals surface area contributed by atoms with E-state index in [4.69, 9.17) is 9.44 Å². The Bertz CT molecular complexity index is 1370. The zero-order chi connectivity index (χ0) is 21.8. The van der Waals surface area contributed by atoms with Crippen LogP contribution in [0.2, 0.25) is 0 Å². The second kappa shape index (κ2) is 8.73. The summed E-state index contributed by atoms with van der Waals surface area (Å²) in [6, 6.07) is 28.6. The van der Waals surface area contributed by atoms with Gasteiger partial charge in [-0.1, -0.05) is 60.2 Å². The van der Waals surface area contributed by atoms with Crippen LogP contribution in [-0.4, -0.2) is 15.0 Å². The number of aryl methyl sites for hydroxylation is 1. The molecule has 0 amide bonds. The van der Waals surface area contributed by atoms with Gasteiger partial charge < -0.3 is 0 Å². The molecule has 0 aliphatic carbocycles. The van der Waals surface area contributed by atoms with Gasteiger partial charge in [0.25, 0.3) is 10.1 Å². The Morgan fingerprint density at radius 2 is 1.45 bits per heavy atom. The summed E-state index contributed by atoms with van der Waals surface area (Å²) in [6.45, 7) is 2.00. The van der Waals surface area contributed by atoms with Gasteiger partial charge in [0.2, 0.25) is 0 Å². The first-order chi connectivity index (χ1) is 14.9. The van der Waals surface area contributed by atoms with Gasteiger partial charge in [-0.3, -0.25) is 4.18 Å². The Labute approximate surface area is 182 Å². The molecule has 154 valence electrons. The lowest BCUT2D eigenvalue weighted by atomic mass is 9.99. The highest BCUT2D eigenvalue weighted by Crippen LogP contribution is 2.26. The second-order valence-corrected chi connectivity index (χ2v) is 9.04. The fourth-order valence-electron chi connectivity index (χ4n) is 3.41. The first-order valence-corrected chi connectivity index (χ1v) is 11.3. The molecule has 31 heavy (non-hydrogen) atoms. The summed E-state index contributed by atoms with van der Waals surface area (Å²) in [5.74, 6) is 0. The topological polar surface area (TPSA) is 67.2 Å². The van der Waals surface area contributed by atoms with Crippen molar-refractivity contribution in [3.05, 3.63) is 102 Å². The third-order valence-corrected chi connectivity index (χ3v) is 6.52. The molecule has 0 radical (unpaired) electrons. The molecule has 0 unspecified atom stereocenters. The molecule has 0 atom stereocenters. The fourth-order valence-corrected chi connectivity index (χ4v) is 4.32. The molecule has 0 fully saturated rings. The van der Waals surface area contributed by atoms with Gasteiger partial charge in [-0.25, -0.2) is 0 Å². The highest BCUT2D eigenvalue weighted by Gasteiger charge is 2.14. The molecule has 0 saturated carbocycles. The number of nitrogens with zero attached hydrogens (tertiary/aromatic N) is 1. The predicted molar refractivity (Wildman–Crippen MR) is 122 cm³/mol. The molecule has 4 aromatic carbocycles. The van der Waals surface area contributed by atoms with Crippen LogP contribution < -0.4 is 0 Å². The molecule has 0 N–H and O–H groups in total. The highest BCUT2D eigenvalue weighted by molar-refractivity contribution is 7.86. The van der Waals surface area contributed by atoms with Gasteiger partial charge in [0.05, 0.1) is 23.1 Å². The van der Waals surface area contributed by atoms with Crippen LogP contribution in [0.3, 0.4) is 0 Å². The highest BCUT2D eigenvalue weighted by atomic mass is 32.2. The van der Waals surface area contributed by atoms with Crippen molar-refractivity contribution in [1.29, 1.82) is 5.26 Å². The molecule has 4 rings (SSSR count). The standard InChI is InChI=1S/C26H21NO3S/c1-19-2-12-26(13-3-19)31(28,29)30-15-14-20-4-9-25-17-24(11-10-23(25)16-20)22-7-5-21(18-27)6-8-22/h2-13,16-17H,14-15H2,1H3. The average molecular weight is 428 g/mol. The third-order valence-electron chi connectivity index (χ3n) is 5.19. The smallest absolute Gasteiger partial charge is 0.266 e. The Morgan fingerprint density at radius 3 is 2.16 bits per heavy atom. The zero-order valence-electron chi connectivity index (χ0n) is 17.1. The van der Waals surface area contributed by atoms with Crippen molar-refractivity contribution in [3.8, 4) is 17.2 Å². The number of nitriles is 1. The molecule has 0 saturated heterocycles. The van der Waals surface area contributed by atoms with Crippen LogP contribution in [0, 0.1) is 18.3 Å². The lowest BCUT2D eigenvalue weighted by Gasteiger charge is -2.08. The number of rotatable bonds is 6. The van der Waals surface area contributed by atoms with E-state index in [1.807, 2.05) is 49.4 Å². The maximum atomic E-state index is 12.3. The molecule has 0 heterocycles. The van der Waals surface area contributed by atoms with E-state index in [2.05, 4.69) is 24.3 Å². The van der Waals surface area contributed by atoms with Gasteiger partial charge in [-0.2, -0.15) is 13.7 Å². The van der Waals surface area contributed by atoms with Crippen LogP contribution in [0.1, 0.15) is 16.7 Å². The summed E-state index contributed by atoms with van der Waals surface area (Å²) in [5, 5.41) is 11.1. The van der Waals surface area contributed by atoms with Gasteiger partial charge in [0.15, 0.2) is 0 Å². The molecular weight excluding hydrogens is 406 g/mol. The SMILES string of the molecule is Cc1ccc(S(=O)(=O)OCCc2ccc3cc(-c4ccc(C#N)cc4)ccc3c2)cc1. The zero-order valence-corrected chi connectivity index (χ0v) is 17.9. The van der Waals surface area contributed by atoms with Crippen molar-refractivity contribution in [2.75, 3.05) is 6.61 Å². The van der Waals surface area contributed by atoms with Crippen LogP contribution >= 0.6 is 0 Å². The molecule has 0 aliphatic rings. The third kappa shape index (κ3) is 4.83. The average Bonchev–Trinajstić information content (AvgIpc) is 2.79. The van der Waals surface area contributed by atoms with Crippen molar-refractivity contribution in [2.24, 2.45) is 0 Å². The van der Waals surface area contributed by atoms with Gasteiger partial charge >= 0.3 is 0 Å². The number of hydrogen-bond donors (Lipinski definition) is 0. The summed E-state index contributed by atoms with van der Waals surface area (Å²) >= 11 is 0. The second-order valence-electron chi connectivity index (χ2n) is 7.42. The van der Waals surface area contributed by atoms with Gasteiger partial charge in [0, 0.05) is 0 Å². The largest absolute Gasteiger partial charge is 0.296 e. The van der Waals surface area contributed by atoms with Crippen molar-refractivity contribution in [3.63, 3.8) is 0 Å². The maximum absolute atomic E-state index is 12.3. The van der Waals surface area contributed by atoms with Crippen LogP contribution in [0.15, 0.2) is 89.8 Å². The summed E-state index contributed by atoms with van der Waals surface area (Å²) < 4.78 is 29.9. The number of hydrogen-bond acceptors (Lipinski definition) is 4. The van der Waals surface area contributed by atoms with E-state index in [1.54, 1.807) is 24.3 Å². The van der Waals surface area contributed by atoms with Gasteiger partial charge in [-0.05, 0) is 71.1 Å². The lowest BCUT2D eigenvalue weighted by molar-refractivity contribution is 0.322. The molecule has 4 aromatic rings. The molecule has 0 aromatic heterocycles. The number of benzene rings is 4. The van der Waals surface area contributed by atoms with E-state index < -0.39 is 10.1 Å². The minimum absolute atomic E-state index is 0.0883. The maximum Gasteiger partial charge on any atom is 0.296 e. The number of fused-ring (bicyclic) bond motifs is 1. The van der Waals surface area contributed by atoms with E-state index in [0.717, 1.165) is 33.0 Å². The monoisotopic (exact) mass is 427 g/mol. The van der Waals surface area contributed by atoms with E-state index in [0.29, 0.717) is 12.0 Å². The Kier molecular flexibility index (Phi) is 5.85. The van der Waals surface area contributed by atoms with Gasteiger partial charge in [-0.15, -0.1) is 0 Å². The van der Waals surface area contributed by atoms with Crippen LogP contribution in [-0.2, 0) is 20.7 Å². The summed E-state index contributed by atoms with van der Waals surface area (Å²) in [5.41, 5.74) is 4.79. The summed E-state index contributed by atoms with van der Waals surface area (Å²) in [7, 11) is -3.75. The molecule has 0 spiro atoms. The molecule has 0 aliphatic heterocycles. The van der Waals surface area contributed by atoms with Crippen molar-refractivity contribution in [2.45, 2.75) is 18.2 Å². The van der Waals surface area contributed by atoms with Crippen LogP contribution in [0.4, 0.5) is 0 Å². The lowest BCUT2D eigenvalue weighted by Crippen LogP contribution is -2.09. The Balaban J connectivity index is 1.45. The van der Waals surface area contributed by atoms with Gasteiger partial charge in [0.1, 0.15) is 0 Å². The van der Waals surface area contributed by atoms with E-state index in [9.17, 15) is 8.42 Å². The normalized spacial score (nSPS) is 11.4. The van der Waals surface area contributed by atoms with Crippen LogP contribution in [0.5, 0.6) is 0 Å². The van der Waals surface area contributed by atoms with E-state index >= 15 is 0 Å². The fraction of sp³-hybridized carbons (Fsp3) is 0.115. The Hall–Kier alpha value is -3.46. The minimum atomic E-state index is -3.75. The van der Waals surface area contributed by atoms with Crippen molar-refractivity contribution >= 4 is 20.9 Å². The molecular formula is C26H21NO3S. The van der Waals surface area contributed by atoms with E-state index in [1.165, 1.54) is 0 Å².